The van der Waals surface area contributed by atoms with Crippen molar-refractivity contribution >= 4 is 32.7 Å². The summed E-state index contributed by atoms with van der Waals surface area (Å²) in [6.45, 7) is 0.727. The van der Waals surface area contributed by atoms with E-state index in [1.165, 1.54) is 0 Å². The minimum absolute atomic E-state index is 0.0281. The third kappa shape index (κ3) is 3.18. The number of nitrogens with zero attached hydrogens (tertiary/aromatic N) is 1. The van der Waals surface area contributed by atoms with E-state index in [1.807, 2.05) is 41.3 Å². The van der Waals surface area contributed by atoms with E-state index in [2.05, 4.69) is 20.9 Å². The molecule has 1 aliphatic rings. The standard InChI is InChI=1S/C21H21BrN2O3/c1-26-14-6-8-20(27-2)16(11-14)19-4-3-9-24(19)21(25)17-12-23-18-7-5-13(22)10-15(17)18/h5-8,10-12,19,23H,3-4,9H2,1-2H3/t19-/m0/s1. The second-order valence-corrected chi connectivity index (χ2v) is 7.57. The van der Waals surface area contributed by atoms with Gasteiger partial charge in [0, 0.05) is 33.7 Å². The van der Waals surface area contributed by atoms with Gasteiger partial charge in [-0.05, 0) is 49.2 Å². The smallest absolute Gasteiger partial charge is 0.256 e. The van der Waals surface area contributed by atoms with Crippen LogP contribution in [0.3, 0.4) is 0 Å². The number of carbonyl (C=O) groups excluding carboxylic acids is 1. The molecule has 140 valence electrons. The molecule has 0 radical (unpaired) electrons. The van der Waals surface area contributed by atoms with Crippen LogP contribution in [-0.4, -0.2) is 36.6 Å². The van der Waals surface area contributed by atoms with Gasteiger partial charge in [-0.1, -0.05) is 15.9 Å². The third-order valence-corrected chi connectivity index (χ3v) is 5.68. The Morgan fingerprint density at radius 3 is 2.81 bits per heavy atom. The van der Waals surface area contributed by atoms with Gasteiger partial charge in [0.2, 0.25) is 0 Å². The average Bonchev–Trinajstić information content (AvgIpc) is 3.33. The SMILES string of the molecule is COc1ccc(OC)c([C@@H]2CCCN2C(=O)c2c[nH]c3ccc(Br)cc23)c1. The van der Waals surface area contributed by atoms with E-state index in [0.29, 0.717) is 5.56 Å². The lowest BCUT2D eigenvalue weighted by atomic mass is 10.0. The number of benzene rings is 2. The zero-order chi connectivity index (χ0) is 19.0. The van der Waals surface area contributed by atoms with Crippen molar-refractivity contribution in [3.05, 3.63) is 58.2 Å². The number of fused-ring (bicyclic) bond motifs is 1. The van der Waals surface area contributed by atoms with Crippen molar-refractivity contribution in [2.24, 2.45) is 0 Å². The highest BCUT2D eigenvalue weighted by Gasteiger charge is 2.33. The lowest BCUT2D eigenvalue weighted by Gasteiger charge is -2.26. The van der Waals surface area contributed by atoms with Crippen LogP contribution in [0.25, 0.3) is 10.9 Å². The number of nitrogens with one attached hydrogen (secondary N) is 1. The second kappa shape index (κ2) is 7.27. The molecule has 1 atom stereocenters. The second-order valence-electron chi connectivity index (χ2n) is 6.66. The lowest BCUT2D eigenvalue weighted by molar-refractivity contribution is 0.0736. The van der Waals surface area contributed by atoms with Gasteiger partial charge in [0.25, 0.3) is 5.91 Å². The summed E-state index contributed by atoms with van der Waals surface area (Å²) in [5, 5.41) is 0.928. The largest absolute Gasteiger partial charge is 0.497 e. The van der Waals surface area contributed by atoms with Crippen LogP contribution >= 0.6 is 15.9 Å². The minimum atomic E-state index is -0.0281. The molecule has 3 aromatic rings. The summed E-state index contributed by atoms with van der Waals surface area (Å²) in [7, 11) is 3.30. The number of methoxy groups -OCH3 is 2. The Bertz CT molecular complexity index is 998. The van der Waals surface area contributed by atoms with Crippen LogP contribution in [0.2, 0.25) is 0 Å². The number of carbonyl (C=O) groups is 1. The molecule has 4 rings (SSSR count). The molecular weight excluding hydrogens is 408 g/mol. The molecule has 0 saturated carbocycles. The highest BCUT2D eigenvalue weighted by Crippen LogP contribution is 2.40. The fourth-order valence-electron chi connectivity index (χ4n) is 3.86. The minimum Gasteiger partial charge on any atom is -0.497 e. The quantitative estimate of drug-likeness (QED) is 0.640. The number of likely N-dealkylation sites (tertiary alicyclic amines) is 1. The van der Waals surface area contributed by atoms with Crippen LogP contribution in [0.15, 0.2) is 47.1 Å². The summed E-state index contributed by atoms with van der Waals surface area (Å²) in [5.74, 6) is 1.58. The first-order valence-electron chi connectivity index (χ1n) is 8.92. The summed E-state index contributed by atoms with van der Waals surface area (Å²) in [6, 6.07) is 11.6. The molecule has 1 amide bonds. The van der Waals surface area contributed by atoms with Crippen molar-refractivity contribution in [2.45, 2.75) is 18.9 Å². The first-order valence-corrected chi connectivity index (χ1v) is 9.71. The molecule has 1 aliphatic heterocycles. The van der Waals surface area contributed by atoms with Gasteiger partial charge in [0.05, 0.1) is 25.8 Å². The van der Waals surface area contributed by atoms with Crippen LogP contribution < -0.4 is 9.47 Å². The molecule has 1 N–H and O–H groups in total. The van der Waals surface area contributed by atoms with Crippen molar-refractivity contribution < 1.29 is 14.3 Å². The van der Waals surface area contributed by atoms with E-state index >= 15 is 0 Å². The monoisotopic (exact) mass is 428 g/mol. The molecular formula is C21H21BrN2O3. The highest BCUT2D eigenvalue weighted by atomic mass is 79.9. The fraction of sp³-hybridized carbons (Fsp3) is 0.286. The number of amides is 1. The number of aromatic nitrogens is 1. The molecule has 5 nitrogen and oxygen atoms in total. The lowest BCUT2D eigenvalue weighted by Crippen LogP contribution is -2.30. The van der Waals surface area contributed by atoms with Gasteiger partial charge in [0.15, 0.2) is 0 Å². The van der Waals surface area contributed by atoms with E-state index in [4.69, 9.17) is 9.47 Å². The number of rotatable bonds is 4. The summed E-state index contributed by atoms with van der Waals surface area (Å²) < 4.78 is 11.9. The maximum Gasteiger partial charge on any atom is 0.256 e. The molecule has 1 fully saturated rings. The van der Waals surface area contributed by atoms with E-state index in [-0.39, 0.29) is 11.9 Å². The van der Waals surface area contributed by atoms with Crippen LogP contribution in [0.5, 0.6) is 11.5 Å². The van der Waals surface area contributed by atoms with Gasteiger partial charge < -0.3 is 19.4 Å². The summed E-state index contributed by atoms with van der Waals surface area (Å²) in [5.41, 5.74) is 2.64. The van der Waals surface area contributed by atoms with E-state index < -0.39 is 0 Å². The van der Waals surface area contributed by atoms with E-state index in [9.17, 15) is 4.79 Å². The van der Waals surface area contributed by atoms with Crippen molar-refractivity contribution in [3.63, 3.8) is 0 Å². The predicted molar refractivity (Wildman–Crippen MR) is 109 cm³/mol. The Kier molecular flexibility index (Phi) is 4.83. The molecule has 0 aliphatic carbocycles. The Hall–Kier alpha value is -2.47. The number of halogens is 1. The Labute approximate surface area is 166 Å². The van der Waals surface area contributed by atoms with Crippen molar-refractivity contribution in [2.75, 3.05) is 20.8 Å². The maximum atomic E-state index is 13.4. The number of ether oxygens (including phenoxy) is 2. The molecule has 27 heavy (non-hydrogen) atoms. The topological polar surface area (TPSA) is 54.6 Å². The number of aromatic amines is 1. The van der Waals surface area contributed by atoms with E-state index in [0.717, 1.165) is 51.8 Å². The molecule has 0 bridgehead atoms. The van der Waals surface area contributed by atoms with Gasteiger partial charge in [-0.3, -0.25) is 4.79 Å². The molecule has 0 unspecified atom stereocenters. The molecule has 0 spiro atoms. The summed E-state index contributed by atoms with van der Waals surface area (Å²) in [4.78, 5) is 18.5. The molecule has 2 heterocycles. The number of H-pyrrole nitrogens is 1. The first-order chi connectivity index (χ1) is 13.1. The van der Waals surface area contributed by atoms with Gasteiger partial charge in [-0.25, -0.2) is 0 Å². The highest BCUT2D eigenvalue weighted by molar-refractivity contribution is 9.10. The predicted octanol–water partition coefficient (Wildman–Crippen LogP) is 4.92. The van der Waals surface area contributed by atoms with Crippen molar-refractivity contribution in [1.82, 2.24) is 9.88 Å². The molecule has 1 aromatic heterocycles. The van der Waals surface area contributed by atoms with Crippen LogP contribution in [0.4, 0.5) is 0 Å². The Morgan fingerprint density at radius 1 is 1.19 bits per heavy atom. The third-order valence-electron chi connectivity index (χ3n) is 5.18. The zero-order valence-corrected chi connectivity index (χ0v) is 16.9. The van der Waals surface area contributed by atoms with Crippen molar-refractivity contribution in [3.8, 4) is 11.5 Å². The number of hydrogen-bond donors (Lipinski definition) is 1. The molecule has 1 saturated heterocycles. The fourth-order valence-corrected chi connectivity index (χ4v) is 4.22. The van der Waals surface area contributed by atoms with Crippen LogP contribution in [-0.2, 0) is 0 Å². The van der Waals surface area contributed by atoms with Crippen molar-refractivity contribution in [1.29, 1.82) is 0 Å². The summed E-state index contributed by atoms with van der Waals surface area (Å²) in [6.07, 6.45) is 3.67. The van der Waals surface area contributed by atoms with Crippen LogP contribution in [0.1, 0.15) is 34.8 Å². The molecule has 6 heteroatoms. The van der Waals surface area contributed by atoms with Crippen LogP contribution in [0, 0.1) is 0 Å². The Morgan fingerprint density at radius 2 is 2.04 bits per heavy atom. The van der Waals surface area contributed by atoms with Gasteiger partial charge in [-0.2, -0.15) is 0 Å². The Balaban J connectivity index is 1.73. The summed E-state index contributed by atoms with van der Waals surface area (Å²) >= 11 is 3.50. The first kappa shape index (κ1) is 17.9. The average molecular weight is 429 g/mol. The van der Waals surface area contributed by atoms with Gasteiger partial charge in [-0.15, -0.1) is 0 Å². The maximum absolute atomic E-state index is 13.4. The van der Waals surface area contributed by atoms with Gasteiger partial charge in [0.1, 0.15) is 11.5 Å². The normalized spacial score (nSPS) is 16.7. The number of hydrogen-bond acceptors (Lipinski definition) is 3. The molecule has 2 aromatic carbocycles. The zero-order valence-electron chi connectivity index (χ0n) is 15.3. The van der Waals surface area contributed by atoms with E-state index in [1.54, 1.807) is 20.4 Å². The van der Waals surface area contributed by atoms with Gasteiger partial charge >= 0.3 is 0 Å².